The molecule has 0 amide bonds. The van der Waals surface area contributed by atoms with Crippen LogP contribution in [0.4, 0.5) is 0 Å². The van der Waals surface area contributed by atoms with Crippen LogP contribution in [-0.2, 0) is 27.2 Å². The Morgan fingerprint density at radius 1 is 1.42 bits per heavy atom. The first-order chi connectivity index (χ1) is 9.19. The Morgan fingerprint density at radius 3 is 2.84 bits per heavy atom. The fraction of sp³-hybridized carbons (Fsp3) is 0.667. The van der Waals surface area contributed by atoms with Crippen molar-refractivity contribution in [3.8, 4) is 0 Å². The minimum absolute atomic E-state index is 0.0935. The van der Waals surface area contributed by atoms with Gasteiger partial charge < -0.3 is 9.47 Å². The Balaban J connectivity index is 1.89. The molecule has 1 aromatic rings. The van der Waals surface area contributed by atoms with Gasteiger partial charge in [-0.3, -0.25) is 24.3 Å². The highest BCUT2D eigenvalue weighted by atomic mass is 16.5. The SMILES string of the molecule is COC(=O)Cc1cc(=O)n(CCN2CCOCC2)[nH]1. The summed E-state index contributed by atoms with van der Waals surface area (Å²) in [6.45, 7) is 4.65. The summed E-state index contributed by atoms with van der Waals surface area (Å²) >= 11 is 0. The maximum Gasteiger partial charge on any atom is 0.311 e. The molecule has 1 fully saturated rings. The van der Waals surface area contributed by atoms with Crippen molar-refractivity contribution in [2.24, 2.45) is 0 Å². The average Bonchev–Trinajstić information content (AvgIpc) is 2.77. The van der Waals surface area contributed by atoms with Crippen molar-refractivity contribution < 1.29 is 14.3 Å². The van der Waals surface area contributed by atoms with Gasteiger partial charge in [0.1, 0.15) is 0 Å². The molecule has 0 aliphatic carbocycles. The fourth-order valence-corrected chi connectivity index (χ4v) is 2.04. The van der Waals surface area contributed by atoms with Gasteiger partial charge in [-0.1, -0.05) is 0 Å². The number of aromatic amines is 1. The molecule has 0 bridgehead atoms. The zero-order chi connectivity index (χ0) is 13.7. The van der Waals surface area contributed by atoms with Crippen LogP contribution in [0.2, 0.25) is 0 Å². The third-order valence-electron chi connectivity index (χ3n) is 3.15. The zero-order valence-corrected chi connectivity index (χ0v) is 11.1. The van der Waals surface area contributed by atoms with Crippen LogP contribution in [0.25, 0.3) is 0 Å². The normalized spacial score (nSPS) is 16.5. The third-order valence-corrected chi connectivity index (χ3v) is 3.15. The molecule has 1 N–H and O–H groups in total. The smallest absolute Gasteiger partial charge is 0.311 e. The summed E-state index contributed by atoms with van der Waals surface area (Å²) in [6.07, 6.45) is 0.0935. The molecule has 2 rings (SSSR count). The number of carbonyl (C=O) groups excluding carboxylic acids is 1. The van der Waals surface area contributed by atoms with E-state index in [0.29, 0.717) is 12.2 Å². The predicted octanol–water partition coefficient (Wildman–Crippen LogP) is -0.776. The molecule has 0 saturated carbocycles. The molecule has 7 heteroatoms. The Bertz CT molecular complexity index is 474. The second-order valence-electron chi connectivity index (χ2n) is 4.48. The molecule has 106 valence electrons. The van der Waals surface area contributed by atoms with Crippen molar-refractivity contribution in [2.75, 3.05) is 40.0 Å². The molecule has 0 unspecified atom stereocenters. The lowest BCUT2D eigenvalue weighted by Gasteiger charge is -2.26. The van der Waals surface area contributed by atoms with Crippen molar-refractivity contribution in [2.45, 2.75) is 13.0 Å². The van der Waals surface area contributed by atoms with Crippen LogP contribution < -0.4 is 5.56 Å². The molecule has 2 heterocycles. The zero-order valence-electron chi connectivity index (χ0n) is 11.1. The van der Waals surface area contributed by atoms with E-state index in [0.717, 1.165) is 32.8 Å². The summed E-state index contributed by atoms with van der Waals surface area (Å²) in [5.41, 5.74) is 0.464. The van der Waals surface area contributed by atoms with Crippen molar-refractivity contribution in [3.63, 3.8) is 0 Å². The molecular weight excluding hydrogens is 250 g/mol. The molecule has 7 nitrogen and oxygen atoms in total. The van der Waals surface area contributed by atoms with Crippen LogP contribution in [0.5, 0.6) is 0 Å². The first-order valence-electron chi connectivity index (χ1n) is 6.34. The molecule has 0 atom stereocenters. The lowest BCUT2D eigenvalue weighted by Crippen LogP contribution is -2.39. The summed E-state index contributed by atoms with van der Waals surface area (Å²) in [5.74, 6) is -0.360. The number of H-pyrrole nitrogens is 1. The number of methoxy groups -OCH3 is 1. The summed E-state index contributed by atoms with van der Waals surface area (Å²) < 4.78 is 11.4. The van der Waals surface area contributed by atoms with E-state index in [1.54, 1.807) is 0 Å². The Labute approximate surface area is 111 Å². The first kappa shape index (κ1) is 13.8. The number of nitrogens with zero attached hydrogens (tertiary/aromatic N) is 2. The highest BCUT2D eigenvalue weighted by molar-refractivity contribution is 5.71. The highest BCUT2D eigenvalue weighted by Gasteiger charge is 2.12. The second kappa shape index (κ2) is 6.53. The number of esters is 1. The number of carbonyl (C=O) groups is 1. The van der Waals surface area contributed by atoms with Gasteiger partial charge in [0.25, 0.3) is 5.56 Å². The topological polar surface area (TPSA) is 76.6 Å². The van der Waals surface area contributed by atoms with Gasteiger partial charge in [-0.15, -0.1) is 0 Å². The summed E-state index contributed by atoms with van der Waals surface area (Å²) in [7, 11) is 1.33. The molecule has 0 aromatic carbocycles. The lowest BCUT2D eigenvalue weighted by atomic mass is 10.3. The van der Waals surface area contributed by atoms with Crippen molar-refractivity contribution in [1.82, 2.24) is 14.7 Å². The minimum atomic E-state index is -0.360. The van der Waals surface area contributed by atoms with Crippen molar-refractivity contribution in [3.05, 3.63) is 22.1 Å². The molecule has 1 aromatic heterocycles. The molecule has 1 aliphatic heterocycles. The molecule has 0 spiro atoms. The number of hydrogen-bond donors (Lipinski definition) is 1. The molecular formula is C12H19N3O4. The van der Waals surface area contributed by atoms with E-state index < -0.39 is 0 Å². The van der Waals surface area contributed by atoms with E-state index in [1.165, 1.54) is 17.9 Å². The van der Waals surface area contributed by atoms with Crippen LogP contribution in [0.15, 0.2) is 10.9 Å². The van der Waals surface area contributed by atoms with Gasteiger partial charge in [0.15, 0.2) is 0 Å². The van der Waals surface area contributed by atoms with Gasteiger partial charge in [0.05, 0.1) is 33.3 Å². The molecule has 19 heavy (non-hydrogen) atoms. The van der Waals surface area contributed by atoms with Gasteiger partial charge in [-0.25, -0.2) is 0 Å². The van der Waals surface area contributed by atoms with E-state index in [1.807, 2.05) is 0 Å². The molecule has 1 saturated heterocycles. The Morgan fingerprint density at radius 2 is 2.16 bits per heavy atom. The van der Waals surface area contributed by atoms with E-state index in [2.05, 4.69) is 14.7 Å². The van der Waals surface area contributed by atoms with E-state index in [-0.39, 0.29) is 17.9 Å². The average molecular weight is 269 g/mol. The van der Waals surface area contributed by atoms with Crippen molar-refractivity contribution in [1.29, 1.82) is 0 Å². The molecule has 0 radical (unpaired) electrons. The number of nitrogens with one attached hydrogen (secondary N) is 1. The van der Waals surface area contributed by atoms with Crippen LogP contribution in [0.1, 0.15) is 5.69 Å². The fourth-order valence-electron chi connectivity index (χ4n) is 2.04. The maximum absolute atomic E-state index is 11.7. The number of morpholine rings is 1. The summed E-state index contributed by atoms with van der Waals surface area (Å²) in [4.78, 5) is 25.1. The van der Waals surface area contributed by atoms with E-state index in [4.69, 9.17) is 4.74 Å². The number of aromatic nitrogens is 2. The predicted molar refractivity (Wildman–Crippen MR) is 68.0 cm³/mol. The Kier molecular flexibility index (Phi) is 4.75. The van der Waals surface area contributed by atoms with Crippen LogP contribution in [0, 0.1) is 0 Å². The van der Waals surface area contributed by atoms with Crippen LogP contribution >= 0.6 is 0 Å². The third kappa shape index (κ3) is 3.93. The lowest BCUT2D eigenvalue weighted by molar-refractivity contribution is -0.139. The van der Waals surface area contributed by atoms with Gasteiger partial charge in [-0.05, 0) is 0 Å². The second-order valence-corrected chi connectivity index (χ2v) is 4.48. The number of hydrogen-bond acceptors (Lipinski definition) is 5. The standard InChI is InChI=1S/C12H19N3O4/c1-18-12(17)9-10-8-11(16)15(13-10)3-2-14-4-6-19-7-5-14/h8,13H,2-7,9H2,1H3. The summed E-state index contributed by atoms with van der Waals surface area (Å²) in [6, 6.07) is 1.44. The highest BCUT2D eigenvalue weighted by Crippen LogP contribution is 1.98. The largest absolute Gasteiger partial charge is 0.469 e. The van der Waals surface area contributed by atoms with Crippen LogP contribution in [0.3, 0.4) is 0 Å². The summed E-state index contributed by atoms with van der Waals surface area (Å²) in [5, 5.41) is 2.93. The number of ether oxygens (including phenoxy) is 2. The van der Waals surface area contributed by atoms with Gasteiger partial charge in [0, 0.05) is 31.4 Å². The molecule has 1 aliphatic rings. The van der Waals surface area contributed by atoms with Crippen molar-refractivity contribution >= 4 is 5.97 Å². The van der Waals surface area contributed by atoms with Gasteiger partial charge in [0.2, 0.25) is 0 Å². The van der Waals surface area contributed by atoms with Gasteiger partial charge in [-0.2, -0.15) is 0 Å². The Hall–Kier alpha value is -1.60. The minimum Gasteiger partial charge on any atom is -0.469 e. The van der Waals surface area contributed by atoms with Crippen LogP contribution in [-0.4, -0.2) is 60.6 Å². The van der Waals surface area contributed by atoms with E-state index >= 15 is 0 Å². The first-order valence-corrected chi connectivity index (χ1v) is 6.34. The van der Waals surface area contributed by atoms with E-state index in [9.17, 15) is 9.59 Å². The quantitative estimate of drug-likeness (QED) is 0.710. The number of rotatable bonds is 5. The van der Waals surface area contributed by atoms with Gasteiger partial charge >= 0.3 is 5.97 Å². The maximum atomic E-state index is 11.7. The monoisotopic (exact) mass is 269 g/mol.